The summed E-state index contributed by atoms with van der Waals surface area (Å²) in [5, 5.41) is 32.8. The molecule has 1 aromatic rings. The van der Waals surface area contributed by atoms with Crippen LogP contribution < -0.4 is 5.32 Å². The maximum absolute atomic E-state index is 11.0. The van der Waals surface area contributed by atoms with Gasteiger partial charge < -0.3 is 15.2 Å². The van der Waals surface area contributed by atoms with Gasteiger partial charge in [0.25, 0.3) is 0 Å². The zero-order valence-electron chi connectivity index (χ0n) is 10.1. The molecule has 1 unspecified atom stereocenters. The molecule has 1 fully saturated rings. The highest BCUT2D eigenvalue weighted by atomic mass is 16.6. The Morgan fingerprint density at radius 3 is 3.00 bits per heavy atom. The van der Waals surface area contributed by atoms with Gasteiger partial charge >= 0.3 is 5.69 Å². The Balaban J connectivity index is 2.21. The van der Waals surface area contributed by atoms with Gasteiger partial charge in [0.2, 0.25) is 0 Å². The van der Waals surface area contributed by atoms with Crippen LogP contribution in [-0.2, 0) is 4.74 Å². The van der Waals surface area contributed by atoms with E-state index in [4.69, 9.17) is 10.00 Å². The van der Waals surface area contributed by atoms with Gasteiger partial charge in [0.15, 0.2) is 0 Å². The molecule has 1 aromatic carbocycles. The number of aliphatic hydroxyl groups is 1. The second kappa shape index (κ2) is 5.22. The topological polar surface area (TPSA) is 108 Å². The summed E-state index contributed by atoms with van der Waals surface area (Å²) >= 11 is 0. The third-order valence-corrected chi connectivity index (χ3v) is 3.03. The molecule has 0 spiro atoms. The minimum Gasteiger partial charge on any atom is -0.386 e. The normalized spacial score (nSPS) is 21.9. The van der Waals surface area contributed by atoms with E-state index >= 15 is 0 Å². The Hall–Kier alpha value is -2.17. The summed E-state index contributed by atoms with van der Waals surface area (Å²) in [7, 11) is 0. The van der Waals surface area contributed by atoms with Crippen molar-refractivity contribution in [3.8, 4) is 6.07 Å². The molecule has 0 aliphatic carbocycles. The number of hydrogen-bond acceptors (Lipinski definition) is 6. The predicted molar refractivity (Wildman–Crippen MR) is 66.7 cm³/mol. The number of rotatable bonds is 4. The number of nitriles is 1. The molecule has 7 nitrogen and oxygen atoms in total. The molecule has 0 radical (unpaired) electrons. The summed E-state index contributed by atoms with van der Waals surface area (Å²) in [6.07, 6.45) is 0.478. The molecule has 19 heavy (non-hydrogen) atoms. The second-order valence-electron chi connectivity index (χ2n) is 4.45. The average Bonchev–Trinajstić information content (AvgIpc) is 2.83. The van der Waals surface area contributed by atoms with Gasteiger partial charge in [-0.3, -0.25) is 10.1 Å². The molecule has 1 aliphatic rings. The number of nitro benzene ring substituents is 1. The van der Waals surface area contributed by atoms with Gasteiger partial charge in [0.05, 0.1) is 11.5 Å². The van der Waals surface area contributed by atoms with E-state index in [-0.39, 0.29) is 30.1 Å². The van der Waals surface area contributed by atoms with Crippen LogP contribution in [0.3, 0.4) is 0 Å². The summed E-state index contributed by atoms with van der Waals surface area (Å²) < 4.78 is 5.09. The zero-order valence-corrected chi connectivity index (χ0v) is 10.1. The Kier molecular flexibility index (Phi) is 3.64. The molecule has 2 rings (SSSR count). The second-order valence-corrected chi connectivity index (χ2v) is 4.45. The Labute approximate surface area is 109 Å². The monoisotopic (exact) mass is 263 g/mol. The quantitative estimate of drug-likeness (QED) is 0.620. The molecule has 7 heteroatoms. The van der Waals surface area contributed by atoms with Gasteiger partial charge in [-0.15, -0.1) is 0 Å². The van der Waals surface area contributed by atoms with E-state index < -0.39 is 10.5 Å². The number of anilines is 1. The van der Waals surface area contributed by atoms with E-state index in [0.717, 1.165) is 0 Å². The lowest BCUT2D eigenvalue weighted by atomic mass is 10.0. The first-order valence-electron chi connectivity index (χ1n) is 5.77. The highest BCUT2D eigenvalue weighted by Gasteiger charge is 2.32. The van der Waals surface area contributed by atoms with Crippen LogP contribution in [0.1, 0.15) is 12.0 Å². The summed E-state index contributed by atoms with van der Waals surface area (Å²) in [4.78, 5) is 10.4. The summed E-state index contributed by atoms with van der Waals surface area (Å²) in [6, 6.07) is 6.24. The average molecular weight is 263 g/mol. The van der Waals surface area contributed by atoms with Crippen LogP contribution in [0.2, 0.25) is 0 Å². The summed E-state index contributed by atoms with van der Waals surface area (Å²) in [6.45, 7) is 0.812. The molecular formula is C12H13N3O4. The smallest absolute Gasteiger partial charge is 0.309 e. The first-order chi connectivity index (χ1) is 9.06. The number of ether oxygens (including phenoxy) is 1. The molecule has 1 heterocycles. The zero-order chi connectivity index (χ0) is 13.9. The van der Waals surface area contributed by atoms with Crippen molar-refractivity contribution in [2.24, 2.45) is 0 Å². The summed E-state index contributed by atoms with van der Waals surface area (Å²) in [5.41, 5.74) is -1.07. The third kappa shape index (κ3) is 2.81. The van der Waals surface area contributed by atoms with E-state index in [1.165, 1.54) is 12.1 Å². The molecule has 0 saturated carbocycles. The number of nitrogens with zero attached hydrogens (tertiary/aromatic N) is 2. The summed E-state index contributed by atoms with van der Waals surface area (Å²) in [5.74, 6) is 0. The first-order valence-corrected chi connectivity index (χ1v) is 5.77. The van der Waals surface area contributed by atoms with E-state index in [0.29, 0.717) is 13.0 Å². The van der Waals surface area contributed by atoms with Gasteiger partial charge in [-0.05, 0) is 12.1 Å². The molecule has 100 valence electrons. The highest BCUT2D eigenvalue weighted by molar-refractivity contribution is 5.68. The van der Waals surface area contributed by atoms with Crippen molar-refractivity contribution >= 4 is 11.4 Å². The lowest BCUT2D eigenvalue weighted by Crippen LogP contribution is -2.37. The Bertz CT molecular complexity index is 532. The molecular weight excluding hydrogens is 250 g/mol. The van der Waals surface area contributed by atoms with Crippen molar-refractivity contribution in [2.45, 2.75) is 12.0 Å². The molecule has 1 saturated heterocycles. The van der Waals surface area contributed by atoms with Crippen LogP contribution in [0.5, 0.6) is 0 Å². The molecule has 0 aromatic heterocycles. The Morgan fingerprint density at radius 2 is 2.42 bits per heavy atom. The SMILES string of the molecule is N#Cc1cccc(NCC2(O)CCOC2)c1[N+](=O)[O-]. The molecule has 2 N–H and O–H groups in total. The first kappa shape index (κ1) is 13.3. The van der Waals surface area contributed by atoms with Crippen molar-refractivity contribution < 1.29 is 14.8 Å². The van der Waals surface area contributed by atoms with Crippen LogP contribution >= 0.6 is 0 Å². The maximum Gasteiger partial charge on any atom is 0.309 e. The minimum absolute atomic E-state index is 0.00957. The minimum atomic E-state index is -1.02. The van der Waals surface area contributed by atoms with Gasteiger partial charge in [-0.25, -0.2) is 0 Å². The molecule has 1 aliphatic heterocycles. The number of nitro groups is 1. The fourth-order valence-electron chi connectivity index (χ4n) is 1.97. The fraction of sp³-hybridized carbons (Fsp3) is 0.417. The molecule has 1 atom stereocenters. The predicted octanol–water partition coefficient (Wildman–Crippen LogP) is 1.03. The van der Waals surface area contributed by atoms with Crippen LogP contribution in [0.15, 0.2) is 18.2 Å². The van der Waals surface area contributed by atoms with Crippen LogP contribution in [0.25, 0.3) is 0 Å². The Morgan fingerprint density at radius 1 is 1.63 bits per heavy atom. The fourth-order valence-corrected chi connectivity index (χ4v) is 1.97. The van der Waals surface area contributed by atoms with Crippen LogP contribution in [0, 0.1) is 21.4 Å². The highest BCUT2D eigenvalue weighted by Crippen LogP contribution is 2.29. The maximum atomic E-state index is 11.0. The lowest BCUT2D eigenvalue weighted by molar-refractivity contribution is -0.384. The van der Waals surface area contributed by atoms with E-state index in [1.54, 1.807) is 12.1 Å². The lowest BCUT2D eigenvalue weighted by Gasteiger charge is -2.21. The van der Waals surface area contributed by atoms with E-state index in [2.05, 4.69) is 5.32 Å². The largest absolute Gasteiger partial charge is 0.386 e. The van der Waals surface area contributed by atoms with E-state index in [9.17, 15) is 15.2 Å². The van der Waals surface area contributed by atoms with Gasteiger partial charge in [0.1, 0.15) is 22.9 Å². The number of hydrogen-bond donors (Lipinski definition) is 2. The standard InChI is InChI=1S/C12H13N3O4/c13-6-9-2-1-3-10(11(9)15(17)18)14-7-12(16)4-5-19-8-12/h1-3,14,16H,4-5,7-8H2. The number of benzene rings is 1. The van der Waals surface area contributed by atoms with Gasteiger partial charge in [-0.2, -0.15) is 5.26 Å². The third-order valence-electron chi connectivity index (χ3n) is 3.03. The molecule has 0 amide bonds. The van der Waals surface area contributed by atoms with Crippen LogP contribution in [0.4, 0.5) is 11.4 Å². The van der Waals surface area contributed by atoms with Crippen molar-refractivity contribution in [1.29, 1.82) is 5.26 Å². The van der Waals surface area contributed by atoms with Crippen molar-refractivity contribution in [3.63, 3.8) is 0 Å². The van der Waals surface area contributed by atoms with Crippen LogP contribution in [-0.4, -0.2) is 35.4 Å². The molecule has 0 bridgehead atoms. The van der Waals surface area contributed by atoms with Crippen molar-refractivity contribution in [2.75, 3.05) is 25.1 Å². The number of para-hydroxylation sites is 1. The van der Waals surface area contributed by atoms with E-state index in [1.807, 2.05) is 0 Å². The van der Waals surface area contributed by atoms with Gasteiger partial charge in [-0.1, -0.05) is 6.07 Å². The number of nitrogens with one attached hydrogen (secondary N) is 1. The van der Waals surface area contributed by atoms with Gasteiger partial charge in [0, 0.05) is 19.6 Å². The van der Waals surface area contributed by atoms with Crippen molar-refractivity contribution in [3.05, 3.63) is 33.9 Å². The van der Waals surface area contributed by atoms with Crippen molar-refractivity contribution in [1.82, 2.24) is 0 Å².